The molecule has 0 aliphatic carbocycles. The number of benzene rings is 11. The lowest BCUT2D eigenvalue weighted by atomic mass is 9.96. The number of hydrogen-bond donors (Lipinski definition) is 0. The second-order valence-electron chi connectivity index (χ2n) is 17.7. The molecule has 0 aliphatic heterocycles. The van der Waals surface area contributed by atoms with Crippen LogP contribution in [-0.2, 0) is 0 Å². The summed E-state index contributed by atoms with van der Waals surface area (Å²) in [6.07, 6.45) is 0. The average Bonchev–Trinajstić information content (AvgIpc) is 3.98. The van der Waals surface area contributed by atoms with Crippen LogP contribution in [0, 0.1) is 0 Å². The molecule has 2 heterocycles. The van der Waals surface area contributed by atoms with Gasteiger partial charge in [-0.2, -0.15) is 0 Å². The van der Waals surface area contributed by atoms with Gasteiger partial charge in [-0.1, -0.05) is 194 Å². The van der Waals surface area contributed by atoms with Crippen molar-refractivity contribution in [2.45, 2.75) is 0 Å². The molecule has 11 aromatic carbocycles. The van der Waals surface area contributed by atoms with Crippen molar-refractivity contribution in [1.82, 2.24) is 4.57 Å². The summed E-state index contributed by atoms with van der Waals surface area (Å²) in [5, 5.41) is 4.80. The second kappa shape index (κ2) is 16.9. The summed E-state index contributed by atoms with van der Waals surface area (Å²) >= 11 is 0. The van der Waals surface area contributed by atoms with Gasteiger partial charge < -0.3 is 13.9 Å². The maximum absolute atomic E-state index is 6.28. The molecule has 0 amide bonds. The van der Waals surface area contributed by atoms with Gasteiger partial charge in [0.25, 0.3) is 0 Å². The third-order valence-electron chi connectivity index (χ3n) is 13.6. The first-order valence-corrected chi connectivity index (χ1v) is 23.6. The summed E-state index contributed by atoms with van der Waals surface area (Å²) < 4.78 is 8.64. The average molecular weight is 881 g/mol. The summed E-state index contributed by atoms with van der Waals surface area (Å²) in [5.41, 5.74) is 20.3. The fraction of sp³-hybridized carbons (Fsp3) is 0. The Hall–Kier alpha value is -9.18. The standard InChI is InChI=1S/C66H44N2O/c1-2-14-45(15-3-1)51-16-12-17-52(44-51)56-18-4-8-23-61(56)67(54-42-36-50(37-43-54)57-22-13-27-65-66(57)60-21-7-11-26-64(60)69-65)53-38-32-48(33-39-53)46-28-30-47(31-29-46)49-34-40-55(41-35-49)68-62-24-9-5-19-58(62)59-20-6-10-25-63(59)68/h1-44H. The lowest BCUT2D eigenvalue weighted by Crippen LogP contribution is -2.11. The smallest absolute Gasteiger partial charge is 0.136 e. The molecule has 0 unspecified atom stereocenters. The van der Waals surface area contributed by atoms with Crippen molar-refractivity contribution in [3.8, 4) is 61.3 Å². The second-order valence-corrected chi connectivity index (χ2v) is 17.7. The minimum Gasteiger partial charge on any atom is -0.456 e. The summed E-state index contributed by atoms with van der Waals surface area (Å²) in [6.45, 7) is 0. The van der Waals surface area contributed by atoms with Crippen LogP contribution in [0.4, 0.5) is 17.1 Å². The molecule has 0 spiro atoms. The first kappa shape index (κ1) is 40.1. The number of hydrogen-bond acceptors (Lipinski definition) is 2. The predicted molar refractivity (Wildman–Crippen MR) is 290 cm³/mol. The van der Waals surface area contributed by atoms with Gasteiger partial charge in [-0.3, -0.25) is 0 Å². The number of rotatable bonds is 9. The molecule has 13 rings (SSSR count). The number of furan rings is 1. The Labute approximate surface area is 401 Å². The Balaban J connectivity index is 0.845. The van der Waals surface area contributed by atoms with Crippen molar-refractivity contribution in [3.63, 3.8) is 0 Å². The molecule has 0 fully saturated rings. The van der Waals surface area contributed by atoms with Crippen LogP contribution >= 0.6 is 0 Å². The summed E-state index contributed by atoms with van der Waals surface area (Å²) in [5.74, 6) is 0. The Kier molecular flexibility index (Phi) is 9.84. The molecule has 0 saturated carbocycles. The van der Waals surface area contributed by atoms with Crippen LogP contribution in [0.1, 0.15) is 0 Å². The molecular formula is C66H44N2O. The van der Waals surface area contributed by atoms with Gasteiger partial charge in [-0.15, -0.1) is 0 Å². The van der Waals surface area contributed by atoms with Crippen molar-refractivity contribution in [2.24, 2.45) is 0 Å². The molecule has 0 N–H and O–H groups in total. The highest BCUT2D eigenvalue weighted by molar-refractivity contribution is 6.12. The Bertz CT molecular complexity index is 3920. The fourth-order valence-corrected chi connectivity index (χ4v) is 10.3. The topological polar surface area (TPSA) is 21.3 Å². The normalized spacial score (nSPS) is 11.5. The molecule has 0 bridgehead atoms. The maximum Gasteiger partial charge on any atom is 0.136 e. The number of anilines is 3. The molecule has 0 radical (unpaired) electrons. The highest BCUT2D eigenvalue weighted by Gasteiger charge is 2.19. The number of nitrogens with zero attached hydrogens (tertiary/aromatic N) is 2. The van der Waals surface area contributed by atoms with Crippen molar-refractivity contribution in [2.75, 3.05) is 4.90 Å². The number of para-hydroxylation sites is 4. The van der Waals surface area contributed by atoms with Gasteiger partial charge in [0.2, 0.25) is 0 Å². The van der Waals surface area contributed by atoms with E-state index in [1.165, 1.54) is 49.6 Å². The predicted octanol–water partition coefficient (Wildman–Crippen LogP) is 18.5. The van der Waals surface area contributed by atoms with Crippen LogP contribution in [0.25, 0.3) is 105 Å². The van der Waals surface area contributed by atoms with E-state index >= 15 is 0 Å². The van der Waals surface area contributed by atoms with Crippen LogP contribution < -0.4 is 4.90 Å². The summed E-state index contributed by atoms with van der Waals surface area (Å²) in [7, 11) is 0. The number of fused-ring (bicyclic) bond motifs is 6. The van der Waals surface area contributed by atoms with Crippen molar-refractivity contribution >= 4 is 60.8 Å². The van der Waals surface area contributed by atoms with Crippen molar-refractivity contribution in [3.05, 3.63) is 267 Å². The minimum atomic E-state index is 0.894. The molecule has 0 aliphatic rings. The highest BCUT2D eigenvalue weighted by Crippen LogP contribution is 2.44. The van der Waals surface area contributed by atoms with Gasteiger partial charge in [0.15, 0.2) is 0 Å². The Morgan fingerprint density at radius 2 is 0.739 bits per heavy atom. The van der Waals surface area contributed by atoms with E-state index in [1.54, 1.807) is 0 Å². The van der Waals surface area contributed by atoms with Gasteiger partial charge in [0.05, 0.1) is 16.7 Å². The van der Waals surface area contributed by atoms with Gasteiger partial charge >= 0.3 is 0 Å². The Morgan fingerprint density at radius 1 is 0.290 bits per heavy atom. The quantitative estimate of drug-likeness (QED) is 0.144. The molecule has 3 nitrogen and oxygen atoms in total. The van der Waals surface area contributed by atoms with Crippen LogP contribution in [0.5, 0.6) is 0 Å². The van der Waals surface area contributed by atoms with E-state index in [-0.39, 0.29) is 0 Å². The minimum absolute atomic E-state index is 0.894. The van der Waals surface area contributed by atoms with Crippen LogP contribution in [0.15, 0.2) is 271 Å². The van der Waals surface area contributed by atoms with Crippen molar-refractivity contribution in [1.29, 1.82) is 0 Å². The summed E-state index contributed by atoms with van der Waals surface area (Å²) in [4.78, 5) is 2.39. The highest BCUT2D eigenvalue weighted by atomic mass is 16.3. The molecular weight excluding hydrogens is 837 g/mol. The van der Waals surface area contributed by atoms with Gasteiger partial charge in [-0.25, -0.2) is 0 Å². The van der Waals surface area contributed by atoms with E-state index in [4.69, 9.17) is 4.42 Å². The van der Waals surface area contributed by atoms with Crippen molar-refractivity contribution < 1.29 is 4.42 Å². The third kappa shape index (κ3) is 7.16. The third-order valence-corrected chi connectivity index (χ3v) is 13.6. The van der Waals surface area contributed by atoms with E-state index < -0.39 is 0 Å². The number of aromatic nitrogens is 1. The van der Waals surface area contributed by atoms with Gasteiger partial charge in [0, 0.05) is 44.2 Å². The van der Waals surface area contributed by atoms with E-state index in [2.05, 4.69) is 264 Å². The molecule has 2 aromatic heterocycles. The van der Waals surface area contributed by atoms with Crippen LogP contribution in [0.2, 0.25) is 0 Å². The molecule has 69 heavy (non-hydrogen) atoms. The van der Waals surface area contributed by atoms with E-state index in [9.17, 15) is 0 Å². The molecule has 324 valence electrons. The first-order chi connectivity index (χ1) is 34.2. The van der Waals surface area contributed by atoms with Gasteiger partial charge in [-0.05, 0) is 123 Å². The first-order valence-electron chi connectivity index (χ1n) is 23.6. The molecule has 0 atom stereocenters. The van der Waals surface area contributed by atoms with Gasteiger partial charge in [0.1, 0.15) is 11.2 Å². The van der Waals surface area contributed by atoms with E-state index in [1.807, 2.05) is 12.1 Å². The fourth-order valence-electron chi connectivity index (χ4n) is 10.3. The van der Waals surface area contributed by atoms with Crippen LogP contribution in [-0.4, -0.2) is 4.57 Å². The zero-order valence-corrected chi connectivity index (χ0v) is 37.7. The lowest BCUT2D eigenvalue weighted by molar-refractivity contribution is 0.669. The van der Waals surface area contributed by atoms with Crippen LogP contribution in [0.3, 0.4) is 0 Å². The zero-order chi connectivity index (χ0) is 45.7. The Morgan fingerprint density at radius 3 is 1.41 bits per heavy atom. The largest absolute Gasteiger partial charge is 0.456 e. The van der Waals surface area contributed by atoms with E-state index in [0.29, 0.717) is 0 Å². The SMILES string of the molecule is c1ccc(-c2cccc(-c3ccccc3N(c3ccc(-c4ccc(-c5ccc(-n6c7ccccc7c7ccccc76)cc5)cc4)cc3)c3ccc(-c4cccc5oc6ccccc6c45)cc3)c2)cc1. The molecule has 3 heteroatoms. The zero-order valence-electron chi connectivity index (χ0n) is 37.7. The molecule has 13 aromatic rings. The maximum atomic E-state index is 6.28. The monoisotopic (exact) mass is 880 g/mol. The summed E-state index contributed by atoms with van der Waals surface area (Å²) in [6, 6.07) is 96.0. The lowest BCUT2D eigenvalue weighted by Gasteiger charge is -2.28. The van der Waals surface area contributed by atoms with E-state index in [0.717, 1.165) is 72.5 Å². The molecule has 0 saturated heterocycles.